The van der Waals surface area contributed by atoms with E-state index in [1.807, 2.05) is 12.1 Å². The van der Waals surface area contributed by atoms with E-state index in [-0.39, 0.29) is 6.04 Å². The average Bonchev–Trinajstić information content (AvgIpc) is 3.29. The molecule has 0 aliphatic carbocycles. The standard InChI is InChI=1S/C28H33N7/c1-19-7-9-22(10-8-19)27-28(35(33-32-27)24-11-13-34(18-29)14-12-24)25-5-4-6-26(31-25)30-23-16-20(2)15-21(3)17-23/h4-10,15-17,24H,11-14,18,29H2,1-3H3,(H,30,31). The summed E-state index contributed by atoms with van der Waals surface area (Å²) in [6.45, 7) is 8.83. The average molecular weight is 468 g/mol. The number of hydrogen-bond acceptors (Lipinski definition) is 6. The van der Waals surface area contributed by atoms with Gasteiger partial charge in [0.1, 0.15) is 17.2 Å². The minimum atomic E-state index is 0.261. The van der Waals surface area contributed by atoms with E-state index in [2.05, 4.69) is 94.5 Å². The number of piperidine rings is 1. The molecule has 0 bridgehead atoms. The fraction of sp³-hybridized carbons (Fsp3) is 0.321. The Morgan fingerprint density at radius 1 is 0.914 bits per heavy atom. The number of likely N-dealkylation sites (tertiary alicyclic amines) is 1. The lowest BCUT2D eigenvalue weighted by atomic mass is 10.0. The fourth-order valence-corrected chi connectivity index (χ4v) is 4.87. The summed E-state index contributed by atoms with van der Waals surface area (Å²) in [6, 6.07) is 21.2. The van der Waals surface area contributed by atoms with Crippen LogP contribution in [0.4, 0.5) is 11.5 Å². The molecule has 0 saturated carbocycles. The molecule has 0 unspecified atom stereocenters. The maximum Gasteiger partial charge on any atom is 0.131 e. The van der Waals surface area contributed by atoms with Crippen LogP contribution in [-0.4, -0.2) is 44.6 Å². The molecule has 1 fully saturated rings. The topological polar surface area (TPSA) is 84.9 Å². The summed E-state index contributed by atoms with van der Waals surface area (Å²) in [4.78, 5) is 7.30. The molecule has 1 aliphatic rings. The fourth-order valence-electron chi connectivity index (χ4n) is 4.87. The molecule has 0 spiro atoms. The molecule has 5 rings (SSSR count). The molecule has 7 nitrogen and oxygen atoms in total. The molecule has 180 valence electrons. The number of hydrogen-bond donors (Lipinski definition) is 2. The van der Waals surface area contributed by atoms with E-state index in [0.29, 0.717) is 6.67 Å². The Labute approximate surface area is 207 Å². The predicted octanol–water partition coefficient (Wildman–Crippen LogP) is 5.23. The van der Waals surface area contributed by atoms with E-state index < -0.39 is 0 Å². The number of pyridine rings is 1. The molecule has 0 radical (unpaired) electrons. The van der Waals surface area contributed by atoms with Crippen molar-refractivity contribution in [3.05, 3.63) is 77.4 Å². The highest BCUT2D eigenvalue weighted by atomic mass is 15.5. The summed E-state index contributed by atoms with van der Waals surface area (Å²) < 4.78 is 2.09. The number of rotatable bonds is 6. The number of aryl methyl sites for hydroxylation is 3. The van der Waals surface area contributed by atoms with Crippen molar-refractivity contribution in [3.63, 3.8) is 0 Å². The van der Waals surface area contributed by atoms with Gasteiger partial charge in [0.05, 0.1) is 11.7 Å². The van der Waals surface area contributed by atoms with Crippen LogP contribution < -0.4 is 11.1 Å². The van der Waals surface area contributed by atoms with E-state index in [0.717, 1.165) is 60.1 Å². The molecule has 35 heavy (non-hydrogen) atoms. The van der Waals surface area contributed by atoms with Crippen LogP contribution in [0.15, 0.2) is 60.7 Å². The van der Waals surface area contributed by atoms with E-state index in [9.17, 15) is 0 Å². The molecular formula is C28H33N7. The SMILES string of the molecule is Cc1ccc(-c2nnn(C3CCN(CN)CC3)c2-c2cccc(Nc3cc(C)cc(C)c3)n2)cc1. The summed E-state index contributed by atoms with van der Waals surface area (Å²) in [5.41, 5.74) is 14.3. The molecule has 1 aliphatic heterocycles. The lowest BCUT2D eigenvalue weighted by Crippen LogP contribution is -2.38. The zero-order valence-corrected chi connectivity index (χ0v) is 20.7. The van der Waals surface area contributed by atoms with Gasteiger partial charge in [-0.05, 0) is 69.0 Å². The van der Waals surface area contributed by atoms with Crippen LogP contribution in [-0.2, 0) is 0 Å². The Hall–Kier alpha value is -3.55. The van der Waals surface area contributed by atoms with Gasteiger partial charge in [0.25, 0.3) is 0 Å². The number of anilines is 2. The first-order valence-electron chi connectivity index (χ1n) is 12.3. The van der Waals surface area contributed by atoms with E-state index in [1.165, 1.54) is 16.7 Å². The van der Waals surface area contributed by atoms with Crippen LogP contribution in [0.1, 0.15) is 35.6 Å². The van der Waals surface area contributed by atoms with Crippen LogP contribution in [0.3, 0.4) is 0 Å². The van der Waals surface area contributed by atoms with Crippen molar-refractivity contribution in [3.8, 4) is 22.6 Å². The van der Waals surface area contributed by atoms with Crippen molar-refractivity contribution in [1.82, 2.24) is 24.9 Å². The van der Waals surface area contributed by atoms with Crippen LogP contribution in [0.25, 0.3) is 22.6 Å². The summed E-state index contributed by atoms with van der Waals surface area (Å²) in [5, 5.41) is 12.8. The normalized spacial score (nSPS) is 14.9. The van der Waals surface area contributed by atoms with Crippen molar-refractivity contribution in [1.29, 1.82) is 0 Å². The summed E-state index contributed by atoms with van der Waals surface area (Å²) in [6.07, 6.45) is 1.98. The molecule has 4 aromatic rings. The van der Waals surface area contributed by atoms with Crippen LogP contribution in [0.2, 0.25) is 0 Å². The van der Waals surface area contributed by atoms with Gasteiger partial charge in [-0.3, -0.25) is 4.90 Å². The van der Waals surface area contributed by atoms with Crippen LogP contribution in [0, 0.1) is 20.8 Å². The lowest BCUT2D eigenvalue weighted by Gasteiger charge is -2.31. The molecule has 0 amide bonds. The van der Waals surface area contributed by atoms with Crippen LogP contribution in [0.5, 0.6) is 0 Å². The number of nitrogens with one attached hydrogen (secondary N) is 1. The number of nitrogens with zero attached hydrogens (tertiary/aromatic N) is 5. The van der Waals surface area contributed by atoms with E-state index in [1.54, 1.807) is 0 Å². The third-order valence-electron chi connectivity index (χ3n) is 6.67. The van der Waals surface area contributed by atoms with Gasteiger partial charge in [-0.25, -0.2) is 9.67 Å². The molecular weight excluding hydrogens is 434 g/mol. The molecule has 2 aromatic carbocycles. The van der Waals surface area contributed by atoms with Gasteiger partial charge in [0.15, 0.2) is 0 Å². The Morgan fingerprint density at radius 3 is 2.31 bits per heavy atom. The molecule has 2 aromatic heterocycles. The van der Waals surface area contributed by atoms with Crippen LogP contribution >= 0.6 is 0 Å². The summed E-state index contributed by atoms with van der Waals surface area (Å²) in [7, 11) is 0. The largest absolute Gasteiger partial charge is 0.340 e. The van der Waals surface area contributed by atoms with Gasteiger partial charge in [-0.15, -0.1) is 5.10 Å². The maximum atomic E-state index is 5.87. The van der Waals surface area contributed by atoms with Gasteiger partial charge >= 0.3 is 0 Å². The molecule has 3 heterocycles. The smallest absolute Gasteiger partial charge is 0.131 e. The number of aromatic nitrogens is 4. The van der Waals surface area contributed by atoms with Gasteiger partial charge in [-0.1, -0.05) is 47.2 Å². The zero-order chi connectivity index (χ0) is 24.4. The highest BCUT2D eigenvalue weighted by Gasteiger charge is 2.26. The van der Waals surface area contributed by atoms with Crippen molar-refractivity contribution < 1.29 is 0 Å². The molecule has 0 atom stereocenters. The number of nitrogens with two attached hydrogens (primary N) is 1. The van der Waals surface area contributed by atoms with Gasteiger partial charge in [0, 0.05) is 31.0 Å². The monoisotopic (exact) mass is 467 g/mol. The quantitative estimate of drug-likeness (QED) is 0.404. The van der Waals surface area contributed by atoms with Gasteiger partial charge in [0.2, 0.25) is 0 Å². The molecule has 3 N–H and O–H groups in total. The lowest BCUT2D eigenvalue weighted by molar-refractivity contribution is 0.183. The first-order chi connectivity index (χ1) is 17.0. The van der Waals surface area contributed by atoms with E-state index >= 15 is 0 Å². The van der Waals surface area contributed by atoms with Crippen molar-refractivity contribution >= 4 is 11.5 Å². The Balaban J connectivity index is 1.55. The highest BCUT2D eigenvalue weighted by molar-refractivity contribution is 5.77. The Bertz CT molecular complexity index is 1280. The van der Waals surface area contributed by atoms with Gasteiger partial charge in [-0.2, -0.15) is 0 Å². The first kappa shape index (κ1) is 23.2. The number of benzene rings is 2. The molecule has 1 saturated heterocycles. The first-order valence-corrected chi connectivity index (χ1v) is 12.3. The van der Waals surface area contributed by atoms with E-state index in [4.69, 9.17) is 10.7 Å². The minimum Gasteiger partial charge on any atom is -0.340 e. The second-order valence-corrected chi connectivity index (χ2v) is 9.54. The maximum absolute atomic E-state index is 5.87. The third-order valence-corrected chi connectivity index (χ3v) is 6.67. The third kappa shape index (κ3) is 5.11. The predicted molar refractivity (Wildman–Crippen MR) is 142 cm³/mol. The zero-order valence-electron chi connectivity index (χ0n) is 20.7. The Morgan fingerprint density at radius 2 is 1.63 bits per heavy atom. The second-order valence-electron chi connectivity index (χ2n) is 9.54. The van der Waals surface area contributed by atoms with Gasteiger partial charge < -0.3 is 11.1 Å². The van der Waals surface area contributed by atoms with Crippen molar-refractivity contribution in [2.75, 3.05) is 25.1 Å². The highest BCUT2D eigenvalue weighted by Crippen LogP contribution is 2.35. The Kier molecular flexibility index (Phi) is 6.61. The minimum absolute atomic E-state index is 0.261. The summed E-state index contributed by atoms with van der Waals surface area (Å²) in [5.74, 6) is 0.799. The van der Waals surface area contributed by atoms with Crippen molar-refractivity contribution in [2.24, 2.45) is 5.73 Å². The van der Waals surface area contributed by atoms with Crippen molar-refractivity contribution in [2.45, 2.75) is 39.7 Å². The summed E-state index contributed by atoms with van der Waals surface area (Å²) >= 11 is 0. The molecule has 7 heteroatoms. The second kappa shape index (κ2) is 9.98.